The van der Waals surface area contributed by atoms with Crippen molar-refractivity contribution in [2.24, 2.45) is 11.8 Å². The third-order valence-electron chi connectivity index (χ3n) is 3.48. The van der Waals surface area contributed by atoms with Gasteiger partial charge in [0.05, 0.1) is 0 Å². The van der Waals surface area contributed by atoms with Gasteiger partial charge in [0.1, 0.15) is 0 Å². The summed E-state index contributed by atoms with van der Waals surface area (Å²) in [6.45, 7) is 5.59. The highest BCUT2D eigenvalue weighted by Gasteiger charge is 2.17. The summed E-state index contributed by atoms with van der Waals surface area (Å²) in [5.41, 5.74) is 0. The van der Waals surface area contributed by atoms with Crippen molar-refractivity contribution in [2.75, 3.05) is 26.8 Å². The molecular formula is C13H27NO. The second kappa shape index (κ2) is 8.12. The summed E-state index contributed by atoms with van der Waals surface area (Å²) < 4.78 is 5.01. The Hall–Kier alpha value is -0.0800. The zero-order chi connectivity index (χ0) is 10.9. The second-order valence-corrected chi connectivity index (χ2v) is 5.02. The van der Waals surface area contributed by atoms with Gasteiger partial charge in [0.15, 0.2) is 0 Å². The van der Waals surface area contributed by atoms with Crippen LogP contribution in [0.3, 0.4) is 0 Å². The molecule has 0 amide bonds. The minimum Gasteiger partial charge on any atom is -0.385 e. The Kier molecular flexibility index (Phi) is 7.03. The summed E-state index contributed by atoms with van der Waals surface area (Å²) in [5.74, 6) is 1.96. The lowest BCUT2D eigenvalue weighted by Gasteiger charge is -2.26. The molecule has 0 heterocycles. The normalized spacial score (nSPS) is 26.8. The van der Waals surface area contributed by atoms with Crippen LogP contribution in [-0.2, 0) is 4.74 Å². The first-order chi connectivity index (χ1) is 7.33. The van der Waals surface area contributed by atoms with Crippen molar-refractivity contribution in [2.45, 2.75) is 45.4 Å². The zero-order valence-electron chi connectivity index (χ0n) is 10.4. The molecule has 0 spiro atoms. The van der Waals surface area contributed by atoms with Gasteiger partial charge in [-0.1, -0.05) is 26.2 Å². The van der Waals surface area contributed by atoms with Gasteiger partial charge >= 0.3 is 0 Å². The molecule has 1 saturated carbocycles. The maximum atomic E-state index is 5.01. The standard InChI is InChI=1S/C13H27NO/c1-12-5-3-6-13(11-12)7-9-14-8-4-10-15-2/h12-14H,3-11H2,1-2H3. The number of hydrogen-bond donors (Lipinski definition) is 1. The van der Waals surface area contributed by atoms with Gasteiger partial charge in [-0.05, 0) is 44.2 Å². The maximum Gasteiger partial charge on any atom is 0.0474 e. The number of rotatable bonds is 7. The summed E-state index contributed by atoms with van der Waals surface area (Å²) in [4.78, 5) is 0. The van der Waals surface area contributed by atoms with E-state index in [0.29, 0.717) is 0 Å². The molecule has 1 fully saturated rings. The lowest BCUT2D eigenvalue weighted by Crippen LogP contribution is -2.22. The van der Waals surface area contributed by atoms with E-state index in [-0.39, 0.29) is 0 Å². The summed E-state index contributed by atoms with van der Waals surface area (Å²) in [5, 5.41) is 3.50. The fourth-order valence-corrected chi connectivity index (χ4v) is 2.59. The minimum absolute atomic E-state index is 0.882. The maximum absolute atomic E-state index is 5.01. The van der Waals surface area contributed by atoms with Gasteiger partial charge in [-0.25, -0.2) is 0 Å². The smallest absolute Gasteiger partial charge is 0.0474 e. The molecule has 2 heteroatoms. The predicted octanol–water partition coefficient (Wildman–Crippen LogP) is 2.83. The van der Waals surface area contributed by atoms with Crippen LogP contribution in [0, 0.1) is 11.8 Å². The van der Waals surface area contributed by atoms with Gasteiger partial charge in [0.25, 0.3) is 0 Å². The van der Waals surface area contributed by atoms with E-state index in [1.54, 1.807) is 7.11 Å². The van der Waals surface area contributed by atoms with Crippen LogP contribution in [0.5, 0.6) is 0 Å². The highest BCUT2D eigenvalue weighted by molar-refractivity contribution is 4.71. The van der Waals surface area contributed by atoms with Crippen LogP contribution < -0.4 is 5.32 Å². The summed E-state index contributed by atoms with van der Waals surface area (Å²) >= 11 is 0. The molecule has 0 aromatic heterocycles. The van der Waals surface area contributed by atoms with E-state index < -0.39 is 0 Å². The van der Waals surface area contributed by atoms with Crippen LogP contribution in [0.4, 0.5) is 0 Å². The molecular weight excluding hydrogens is 186 g/mol. The summed E-state index contributed by atoms with van der Waals surface area (Å²) in [6, 6.07) is 0. The third kappa shape index (κ3) is 6.16. The Morgan fingerprint density at radius 3 is 2.87 bits per heavy atom. The summed E-state index contributed by atoms with van der Waals surface area (Å²) in [6.07, 6.45) is 8.34. The Morgan fingerprint density at radius 1 is 1.27 bits per heavy atom. The molecule has 0 radical (unpaired) electrons. The predicted molar refractivity (Wildman–Crippen MR) is 65.1 cm³/mol. The van der Waals surface area contributed by atoms with Crippen LogP contribution in [0.1, 0.15) is 45.4 Å². The van der Waals surface area contributed by atoms with E-state index in [2.05, 4.69) is 12.2 Å². The van der Waals surface area contributed by atoms with Crippen molar-refractivity contribution < 1.29 is 4.74 Å². The van der Waals surface area contributed by atoms with E-state index in [4.69, 9.17) is 4.74 Å². The summed E-state index contributed by atoms with van der Waals surface area (Å²) in [7, 11) is 1.77. The third-order valence-corrected chi connectivity index (χ3v) is 3.48. The van der Waals surface area contributed by atoms with Crippen molar-refractivity contribution >= 4 is 0 Å². The van der Waals surface area contributed by atoms with Crippen LogP contribution in [-0.4, -0.2) is 26.8 Å². The molecule has 1 rings (SSSR count). The Labute approximate surface area is 94.8 Å². The van der Waals surface area contributed by atoms with E-state index in [0.717, 1.165) is 31.4 Å². The van der Waals surface area contributed by atoms with Gasteiger partial charge < -0.3 is 10.1 Å². The van der Waals surface area contributed by atoms with Gasteiger partial charge in [-0.2, -0.15) is 0 Å². The number of hydrogen-bond acceptors (Lipinski definition) is 2. The van der Waals surface area contributed by atoms with Crippen molar-refractivity contribution in [3.05, 3.63) is 0 Å². The molecule has 0 aromatic rings. The first-order valence-electron chi connectivity index (χ1n) is 6.52. The van der Waals surface area contributed by atoms with Crippen molar-refractivity contribution in [1.29, 1.82) is 0 Å². The highest BCUT2D eigenvalue weighted by atomic mass is 16.5. The molecule has 2 atom stereocenters. The topological polar surface area (TPSA) is 21.3 Å². The molecule has 0 aliphatic heterocycles. The molecule has 1 aliphatic rings. The molecule has 2 nitrogen and oxygen atoms in total. The molecule has 90 valence electrons. The molecule has 1 aliphatic carbocycles. The Bertz CT molecular complexity index is 149. The zero-order valence-corrected chi connectivity index (χ0v) is 10.4. The molecule has 0 aromatic carbocycles. The molecule has 1 N–H and O–H groups in total. The minimum atomic E-state index is 0.882. The fraction of sp³-hybridized carbons (Fsp3) is 1.00. The van der Waals surface area contributed by atoms with E-state index in [9.17, 15) is 0 Å². The van der Waals surface area contributed by atoms with Crippen molar-refractivity contribution in [3.63, 3.8) is 0 Å². The Morgan fingerprint density at radius 2 is 2.13 bits per heavy atom. The second-order valence-electron chi connectivity index (χ2n) is 5.02. The van der Waals surface area contributed by atoms with Crippen LogP contribution >= 0.6 is 0 Å². The molecule has 2 unspecified atom stereocenters. The SMILES string of the molecule is COCCCNCCC1CCCC(C)C1. The van der Waals surface area contributed by atoms with Gasteiger partial charge in [-0.3, -0.25) is 0 Å². The van der Waals surface area contributed by atoms with Crippen molar-refractivity contribution in [3.8, 4) is 0 Å². The number of ether oxygens (including phenoxy) is 1. The van der Waals surface area contributed by atoms with E-state index in [1.165, 1.54) is 38.6 Å². The lowest BCUT2D eigenvalue weighted by atomic mass is 9.81. The van der Waals surface area contributed by atoms with Crippen molar-refractivity contribution in [1.82, 2.24) is 5.32 Å². The fourth-order valence-electron chi connectivity index (χ4n) is 2.59. The number of nitrogens with one attached hydrogen (secondary N) is 1. The number of methoxy groups -OCH3 is 1. The first-order valence-corrected chi connectivity index (χ1v) is 6.52. The van der Waals surface area contributed by atoms with E-state index >= 15 is 0 Å². The molecule has 0 saturated heterocycles. The Balaban J connectivity index is 1.90. The molecule has 0 bridgehead atoms. The highest BCUT2D eigenvalue weighted by Crippen LogP contribution is 2.30. The largest absolute Gasteiger partial charge is 0.385 e. The lowest BCUT2D eigenvalue weighted by molar-refractivity contribution is 0.193. The van der Waals surface area contributed by atoms with Crippen LogP contribution in [0.15, 0.2) is 0 Å². The average Bonchev–Trinajstić information content (AvgIpc) is 2.23. The first kappa shape index (κ1) is 13.0. The quantitative estimate of drug-likeness (QED) is 0.657. The average molecular weight is 213 g/mol. The van der Waals surface area contributed by atoms with Gasteiger partial charge in [0, 0.05) is 13.7 Å². The van der Waals surface area contributed by atoms with Gasteiger partial charge in [0.2, 0.25) is 0 Å². The van der Waals surface area contributed by atoms with Crippen LogP contribution in [0.25, 0.3) is 0 Å². The van der Waals surface area contributed by atoms with E-state index in [1.807, 2.05) is 0 Å². The van der Waals surface area contributed by atoms with Gasteiger partial charge in [-0.15, -0.1) is 0 Å². The monoisotopic (exact) mass is 213 g/mol. The van der Waals surface area contributed by atoms with Crippen LogP contribution in [0.2, 0.25) is 0 Å². The molecule has 15 heavy (non-hydrogen) atoms.